The van der Waals surface area contributed by atoms with Crippen LogP contribution in [0.15, 0.2) is 35.2 Å². The number of carbonyl (C=O) groups is 1. The molecule has 7 heteroatoms. The van der Waals surface area contributed by atoms with Gasteiger partial charge in [-0.25, -0.2) is 13.1 Å². The number of nitrogens with one attached hydrogen (secondary N) is 1. The molecule has 1 radical (unpaired) electrons. The van der Waals surface area contributed by atoms with Gasteiger partial charge in [0, 0.05) is 32.7 Å². The maximum atomic E-state index is 12.3. The molecule has 1 heterocycles. The second-order valence-corrected chi connectivity index (χ2v) is 6.36. The molecule has 113 valence electrons. The quantitative estimate of drug-likeness (QED) is 0.810. The molecule has 0 saturated heterocycles. The van der Waals surface area contributed by atoms with Crippen LogP contribution in [0, 0.1) is 27.0 Å². The molecule has 0 fully saturated rings. The number of hydrogen-bond acceptors (Lipinski definition) is 4. The molecule has 0 aliphatic carbocycles. The second-order valence-electron chi connectivity index (χ2n) is 4.71. The topological polar surface area (TPSA) is 76.1 Å². The molecule has 0 bridgehead atoms. The first-order valence-electron chi connectivity index (χ1n) is 6.30. The van der Waals surface area contributed by atoms with Gasteiger partial charge >= 0.3 is 0 Å². The Balaban J connectivity index is 0.00000242. The van der Waals surface area contributed by atoms with Crippen LogP contribution in [0.4, 0.5) is 0 Å². The van der Waals surface area contributed by atoms with Gasteiger partial charge in [0.05, 0.1) is 4.90 Å². The van der Waals surface area contributed by atoms with Gasteiger partial charge in [-0.15, -0.1) is 0 Å². The van der Waals surface area contributed by atoms with E-state index in [9.17, 15) is 13.2 Å². The molecule has 0 aliphatic heterocycles. The number of sulfonamides is 1. The van der Waals surface area contributed by atoms with Crippen molar-refractivity contribution in [3.05, 3.63) is 58.9 Å². The van der Waals surface area contributed by atoms with Crippen LogP contribution in [0.25, 0.3) is 0 Å². The Morgan fingerprint density at radius 2 is 1.86 bits per heavy atom. The summed E-state index contributed by atoms with van der Waals surface area (Å²) in [5.74, 6) is -0.699. The van der Waals surface area contributed by atoms with Crippen molar-refractivity contribution in [1.29, 1.82) is 0 Å². The summed E-state index contributed by atoms with van der Waals surface area (Å²) >= 11 is 0. The average molecular weight is 392 g/mol. The summed E-state index contributed by atoms with van der Waals surface area (Å²) in [6, 6.07) is 7.88. The van der Waals surface area contributed by atoms with Crippen molar-refractivity contribution in [3.8, 4) is 0 Å². The van der Waals surface area contributed by atoms with Crippen LogP contribution in [0.5, 0.6) is 0 Å². The molecule has 0 unspecified atom stereocenters. The predicted molar refractivity (Wildman–Crippen MR) is 78.4 cm³/mol. The van der Waals surface area contributed by atoms with Crippen LogP contribution in [-0.2, 0) is 42.7 Å². The summed E-state index contributed by atoms with van der Waals surface area (Å²) in [6.07, 6.45) is 2.59. The van der Waals surface area contributed by atoms with E-state index in [4.69, 9.17) is 0 Å². The van der Waals surface area contributed by atoms with Crippen molar-refractivity contribution < 1.29 is 45.9 Å². The van der Waals surface area contributed by atoms with Crippen molar-refractivity contribution in [1.82, 2.24) is 9.71 Å². The Bertz CT molecular complexity index is 804. The first-order valence-corrected chi connectivity index (χ1v) is 7.78. The summed E-state index contributed by atoms with van der Waals surface area (Å²) < 4.78 is 26.8. The van der Waals surface area contributed by atoms with Gasteiger partial charge in [-0.05, 0) is 36.6 Å². The molecule has 2 aromatic rings. The summed E-state index contributed by atoms with van der Waals surface area (Å²) in [4.78, 5) is 16.1. The van der Waals surface area contributed by atoms with E-state index in [1.54, 1.807) is 19.9 Å². The standard InChI is InChI=1S/C15H15N2O3S.Y/c1-10-6-4-8-14(11(10)2)21(19,20)17-15(18)13-7-5-9-16-12(13)3;/h4-8H,1-3H3,(H,17,18);/q-1;. The van der Waals surface area contributed by atoms with Gasteiger partial charge in [-0.1, -0.05) is 30.9 Å². The summed E-state index contributed by atoms with van der Waals surface area (Å²) in [7, 11) is -3.92. The normalized spacial score (nSPS) is 10.7. The number of benzene rings is 1. The molecule has 1 aromatic heterocycles. The van der Waals surface area contributed by atoms with Crippen molar-refractivity contribution in [2.75, 3.05) is 0 Å². The van der Waals surface area contributed by atoms with Crippen LogP contribution in [0.3, 0.4) is 0 Å². The Morgan fingerprint density at radius 1 is 1.18 bits per heavy atom. The SMILES string of the molecule is Cc1cccc(S(=O)(=O)NC(=O)c2cc[c-]nc2C)c1C.[Y]. The maximum Gasteiger partial charge on any atom is 0.264 e. The van der Waals surface area contributed by atoms with Crippen molar-refractivity contribution in [2.24, 2.45) is 0 Å². The molecular formula is C15H15N2O3SY-. The molecule has 0 spiro atoms. The van der Waals surface area contributed by atoms with Crippen molar-refractivity contribution >= 4 is 15.9 Å². The van der Waals surface area contributed by atoms with Gasteiger partial charge in [0.25, 0.3) is 10.0 Å². The fourth-order valence-corrected chi connectivity index (χ4v) is 3.21. The third-order valence-electron chi connectivity index (χ3n) is 3.26. The minimum atomic E-state index is -3.92. The van der Waals surface area contributed by atoms with E-state index in [2.05, 4.69) is 15.9 Å². The molecule has 0 aliphatic rings. The Kier molecular flexibility index (Phi) is 6.41. The Morgan fingerprint density at radius 3 is 2.50 bits per heavy atom. The molecule has 1 amide bonds. The summed E-state index contributed by atoms with van der Waals surface area (Å²) in [5, 5.41) is 0. The van der Waals surface area contributed by atoms with Gasteiger partial charge in [0.15, 0.2) is 0 Å². The molecule has 1 aromatic carbocycles. The zero-order chi connectivity index (χ0) is 15.6. The van der Waals surface area contributed by atoms with Gasteiger partial charge in [0.1, 0.15) is 0 Å². The summed E-state index contributed by atoms with van der Waals surface area (Å²) in [6.45, 7) is 5.14. The molecule has 0 saturated carbocycles. The van der Waals surface area contributed by atoms with Gasteiger partial charge < -0.3 is 4.98 Å². The monoisotopic (exact) mass is 392 g/mol. The number of carbonyl (C=O) groups excluding carboxylic acids is 1. The number of pyridine rings is 1. The summed E-state index contributed by atoms with van der Waals surface area (Å²) in [5.41, 5.74) is 2.10. The van der Waals surface area contributed by atoms with Gasteiger partial charge in [-0.2, -0.15) is 12.1 Å². The Hall–Kier alpha value is -1.11. The van der Waals surface area contributed by atoms with E-state index in [-0.39, 0.29) is 43.2 Å². The van der Waals surface area contributed by atoms with E-state index < -0.39 is 15.9 Å². The predicted octanol–water partition coefficient (Wildman–Crippen LogP) is 1.92. The van der Waals surface area contributed by atoms with E-state index in [0.29, 0.717) is 11.3 Å². The molecular weight excluding hydrogens is 377 g/mol. The average Bonchev–Trinajstić information content (AvgIpc) is 2.41. The first kappa shape index (κ1) is 18.9. The first-order chi connectivity index (χ1) is 9.83. The molecule has 1 N–H and O–H groups in total. The number of rotatable bonds is 3. The van der Waals surface area contributed by atoms with Crippen LogP contribution in [0.1, 0.15) is 27.2 Å². The minimum Gasteiger partial charge on any atom is -0.390 e. The van der Waals surface area contributed by atoms with Crippen molar-refractivity contribution in [3.63, 3.8) is 0 Å². The van der Waals surface area contributed by atoms with E-state index >= 15 is 0 Å². The fourth-order valence-electron chi connectivity index (χ4n) is 1.92. The van der Waals surface area contributed by atoms with Gasteiger partial charge in [-0.3, -0.25) is 4.79 Å². The minimum absolute atomic E-state index is 0. The number of hydrogen-bond donors (Lipinski definition) is 1. The van der Waals surface area contributed by atoms with Crippen LogP contribution >= 0.6 is 0 Å². The van der Waals surface area contributed by atoms with Crippen molar-refractivity contribution in [2.45, 2.75) is 25.7 Å². The molecule has 22 heavy (non-hydrogen) atoms. The second kappa shape index (κ2) is 7.44. The fraction of sp³-hybridized carbons (Fsp3) is 0.200. The molecule has 0 atom stereocenters. The number of aromatic nitrogens is 1. The smallest absolute Gasteiger partial charge is 0.264 e. The number of nitrogens with zero attached hydrogens (tertiary/aromatic N) is 1. The largest absolute Gasteiger partial charge is 0.390 e. The van der Waals surface area contributed by atoms with Crippen LogP contribution in [-0.4, -0.2) is 19.3 Å². The van der Waals surface area contributed by atoms with E-state index in [0.717, 1.165) is 5.56 Å². The number of amides is 1. The number of aryl methyl sites for hydroxylation is 2. The van der Waals surface area contributed by atoms with E-state index in [1.165, 1.54) is 18.2 Å². The third-order valence-corrected chi connectivity index (χ3v) is 4.74. The van der Waals surface area contributed by atoms with Crippen LogP contribution in [0.2, 0.25) is 0 Å². The van der Waals surface area contributed by atoms with Crippen LogP contribution < -0.4 is 4.72 Å². The third kappa shape index (κ3) is 4.00. The van der Waals surface area contributed by atoms with E-state index in [1.807, 2.05) is 13.0 Å². The Labute approximate surface area is 155 Å². The zero-order valence-corrected chi connectivity index (χ0v) is 16.2. The zero-order valence-electron chi connectivity index (χ0n) is 12.5. The maximum absolute atomic E-state index is 12.3. The van der Waals surface area contributed by atoms with Gasteiger partial charge in [0.2, 0.25) is 5.91 Å². The molecule has 5 nitrogen and oxygen atoms in total. The molecule has 2 rings (SSSR count).